The second kappa shape index (κ2) is 4.40. The summed E-state index contributed by atoms with van der Waals surface area (Å²) >= 11 is 0. The second-order valence-electron chi connectivity index (χ2n) is 3.37. The van der Waals surface area contributed by atoms with Crippen LogP contribution in [0.2, 0.25) is 0 Å². The van der Waals surface area contributed by atoms with E-state index >= 15 is 0 Å². The first-order chi connectivity index (χ1) is 6.45. The van der Waals surface area contributed by atoms with E-state index in [9.17, 15) is 0 Å². The summed E-state index contributed by atoms with van der Waals surface area (Å²) in [5.41, 5.74) is 1.32. The van der Waals surface area contributed by atoms with Gasteiger partial charge in [-0.1, -0.05) is 30.3 Å². The molecule has 1 unspecified atom stereocenters. The van der Waals surface area contributed by atoms with E-state index < -0.39 is 0 Å². The minimum Gasteiger partial charge on any atom is -0.236 e. The van der Waals surface area contributed by atoms with Gasteiger partial charge in [-0.2, -0.15) is 0 Å². The fraction of sp³-hybridized carbons (Fsp3) is 0.455. The van der Waals surface area contributed by atoms with Gasteiger partial charge in [0.05, 0.1) is 12.7 Å². The van der Waals surface area contributed by atoms with Gasteiger partial charge in [0.1, 0.15) is 0 Å². The molecule has 2 rings (SSSR count). The molecule has 1 aromatic carbocycles. The zero-order valence-electron chi connectivity index (χ0n) is 7.61. The van der Waals surface area contributed by atoms with E-state index in [0.29, 0.717) is 0 Å². The highest BCUT2D eigenvalue weighted by molar-refractivity contribution is 5.15. The maximum Gasteiger partial charge on any atom is 0.0971 e. The van der Waals surface area contributed by atoms with Crippen molar-refractivity contribution in [2.24, 2.45) is 0 Å². The first-order valence-corrected chi connectivity index (χ1v) is 4.77. The smallest absolute Gasteiger partial charge is 0.0971 e. The summed E-state index contributed by atoms with van der Waals surface area (Å²) in [6.07, 6.45) is 3.42. The molecule has 2 nitrogen and oxygen atoms in total. The van der Waals surface area contributed by atoms with Crippen molar-refractivity contribution < 1.29 is 9.78 Å². The Hall–Kier alpha value is -0.860. The molecule has 1 fully saturated rings. The molecule has 0 radical (unpaired) electrons. The number of hydrogen-bond acceptors (Lipinski definition) is 2. The van der Waals surface area contributed by atoms with Crippen LogP contribution in [0.4, 0.5) is 0 Å². The van der Waals surface area contributed by atoms with Crippen molar-refractivity contribution >= 4 is 0 Å². The number of rotatable bonds is 2. The minimum absolute atomic E-state index is 0.246. The molecule has 1 saturated heterocycles. The van der Waals surface area contributed by atoms with Crippen LogP contribution in [0.25, 0.3) is 0 Å². The molecule has 0 amide bonds. The molecule has 1 aliphatic heterocycles. The molecule has 0 bridgehead atoms. The molecule has 0 aliphatic carbocycles. The average Bonchev–Trinajstić information content (AvgIpc) is 2.21. The Balaban J connectivity index is 1.90. The van der Waals surface area contributed by atoms with Crippen LogP contribution in [-0.4, -0.2) is 12.7 Å². The van der Waals surface area contributed by atoms with Crippen molar-refractivity contribution in [3.63, 3.8) is 0 Å². The molecule has 2 heteroatoms. The molecule has 1 aromatic rings. The molecular weight excluding hydrogens is 164 g/mol. The fourth-order valence-corrected chi connectivity index (χ4v) is 1.58. The first kappa shape index (κ1) is 8.73. The first-order valence-electron chi connectivity index (χ1n) is 4.77. The highest BCUT2D eigenvalue weighted by atomic mass is 17.2. The largest absolute Gasteiger partial charge is 0.236 e. The van der Waals surface area contributed by atoms with Gasteiger partial charge in [-0.3, -0.25) is 0 Å². The maximum atomic E-state index is 5.18. The van der Waals surface area contributed by atoms with Crippen LogP contribution < -0.4 is 0 Å². The normalized spacial score (nSPS) is 22.9. The SMILES string of the molecule is c1ccc(CC2CCCOO2)cc1. The molecule has 0 N–H and O–H groups in total. The van der Waals surface area contributed by atoms with Gasteiger partial charge < -0.3 is 0 Å². The summed E-state index contributed by atoms with van der Waals surface area (Å²) in [5.74, 6) is 0. The standard InChI is InChI=1S/C11H14O2/c1-2-5-10(6-3-1)9-11-7-4-8-12-13-11/h1-3,5-6,11H,4,7-9H2. The second-order valence-corrected chi connectivity index (χ2v) is 3.37. The molecule has 70 valence electrons. The van der Waals surface area contributed by atoms with Crippen molar-refractivity contribution in [1.82, 2.24) is 0 Å². The molecule has 0 spiro atoms. The van der Waals surface area contributed by atoms with Gasteiger partial charge in [0.25, 0.3) is 0 Å². The maximum absolute atomic E-state index is 5.18. The van der Waals surface area contributed by atoms with E-state index in [4.69, 9.17) is 9.78 Å². The van der Waals surface area contributed by atoms with E-state index in [-0.39, 0.29) is 6.10 Å². The van der Waals surface area contributed by atoms with Gasteiger partial charge in [-0.05, 0) is 18.4 Å². The van der Waals surface area contributed by atoms with Crippen LogP contribution in [0.3, 0.4) is 0 Å². The number of benzene rings is 1. The van der Waals surface area contributed by atoms with Crippen molar-refractivity contribution in [2.75, 3.05) is 6.61 Å². The van der Waals surface area contributed by atoms with E-state index in [1.165, 1.54) is 5.56 Å². The van der Waals surface area contributed by atoms with Crippen LogP contribution in [0.1, 0.15) is 18.4 Å². The lowest BCUT2D eigenvalue weighted by molar-refractivity contribution is -0.344. The minimum atomic E-state index is 0.246. The molecule has 0 saturated carbocycles. The van der Waals surface area contributed by atoms with Crippen LogP contribution in [0.5, 0.6) is 0 Å². The number of hydrogen-bond donors (Lipinski definition) is 0. The monoisotopic (exact) mass is 178 g/mol. The highest BCUT2D eigenvalue weighted by Crippen LogP contribution is 2.15. The summed E-state index contributed by atoms with van der Waals surface area (Å²) in [4.78, 5) is 10.1. The van der Waals surface area contributed by atoms with E-state index in [1.807, 2.05) is 6.07 Å². The summed E-state index contributed by atoms with van der Waals surface area (Å²) in [6.45, 7) is 0.741. The molecule has 1 atom stereocenters. The predicted octanol–water partition coefficient (Wildman–Crippen LogP) is 2.34. The molecule has 1 heterocycles. The van der Waals surface area contributed by atoms with Gasteiger partial charge >= 0.3 is 0 Å². The van der Waals surface area contributed by atoms with Gasteiger partial charge in [0.2, 0.25) is 0 Å². The average molecular weight is 178 g/mol. The van der Waals surface area contributed by atoms with Gasteiger partial charge in [-0.15, -0.1) is 0 Å². The lowest BCUT2D eigenvalue weighted by Crippen LogP contribution is -2.22. The van der Waals surface area contributed by atoms with Crippen LogP contribution >= 0.6 is 0 Å². The quantitative estimate of drug-likeness (QED) is 0.647. The zero-order chi connectivity index (χ0) is 8.93. The Morgan fingerprint density at radius 3 is 2.77 bits per heavy atom. The van der Waals surface area contributed by atoms with E-state index in [0.717, 1.165) is 25.9 Å². The van der Waals surface area contributed by atoms with Gasteiger partial charge in [0, 0.05) is 6.42 Å². The molecule has 0 aromatic heterocycles. The van der Waals surface area contributed by atoms with E-state index in [1.54, 1.807) is 0 Å². The van der Waals surface area contributed by atoms with Crippen molar-refractivity contribution in [3.8, 4) is 0 Å². The van der Waals surface area contributed by atoms with Crippen molar-refractivity contribution in [1.29, 1.82) is 0 Å². The van der Waals surface area contributed by atoms with E-state index in [2.05, 4.69) is 24.3 Å². The third-order valence-corrected chi connectivity index (χ3v) is 2.26. The molecule has 1 aliphatic rings. The van der Waals surface area contributed by atoms with Crippen LogP contribution in [0, 0.1) is 0 Å². The lowest BCUT2D eigenvalue weighted by Gasteiger charge is -2.20. The summed E-state index contributed by atoms with van der Waals surface area (Å²) in [5, 5.41) is 0. The predicted molar refractivity (Wildman–Crippen MR) is 50.2 cm³/mol. The van der Waals surface area contributed by atoms with Crippen LogP contribution in [-0.2, 0) is 16.2 Å². The molecule has 13 heavy (non-hydrogen) atoms. The van der Waals surface area contributed by atoms with Crippen molar-refractivity contribution in [3.05, 3.63) is 35.9 Å². The van der Waals surface area contributed by atoms with Gasteiger partial charge in [0.15, 0.2) is 0 Å². The third-order valence-electron chi connectivity index (χ3n) is 2.26. The van der Waals surface area contributed by atoms with Crippen LogP contribution in [0.15, 0.2) is 30.3 Å². The Bertz CT molecular complexity index is 240. The Morgan fingerprint density at radius 1 is 1.23 bits per heavy atom. The highest BCUT2D eigenvalue weighted by Gasteiger charge is 2.15. The molecular formula is C11H14O2. The lowest BCUT2D eigenvalue weighted by atomic mass is 10.0. The summed E-state index contributed by atoms with van der Waals surface area (Å²) in [7, 11) is 0. The Labute approximate surface area is 78.4 Å². The van der Waals surface area contributed by atoms with Gasteiger partial charge in [-0.25, -0.2) is 9.78 Å². The topological polar surface area (TPSA) is 18.5 Å². The Morgan fingerprint density at radius 2 is 2.08 bits per heavy atom. The summed E-state index contributed by atoms with van der Waals surface area (Å²) in [6, 6.07) is 10.4. The zero-order valence-corrected chi connectivity index (χ0v) is 7.61. The third kappa shape index (κ3) is 2.54. The fourth-order valence-electron chi connectivity index (χ4n) is 1.58. The van der Waals surface area contributed by atoms with Crippen molar-refractivity contribution in [2.45, 2.75) is 25.4 Å². The summed E-state index contributed by atoms with van der Waals surface area (Å²) < 4.78 is 0. The Kier molecular flexibility index (Phi) is 2.95.